The molecule has 6 heteroatoms. The van der Waals surface area contributed by atoms with Crippen LogP contribution in [-0.4, -0.2) is 12.8 Å². The van der Waals surface area contributed by atoms with E-state index in [4.69, 9.17) is 10.5 Å². The summed E-state index contributed by atoms with van der Waals surface area (Å²) in [6, 6.07) is 13.3. The maximum Gasteiger partial charge on any atom is 0.422 e. The molecule has 0 aliphatic rings. The van der Waals surface area contributed by atoms with Crippen LogP contribution < -0.4 is 10.5 Å². The fraction of sp³-hybridized carbons (Fsp3) is 0.200. The molecule has 112 valence electrons. The van der Waals surface area contributed by atoms with Crippen LogP contribution in [0.25, 0.3) is 0 Å². The van der Waals surface area contributed by atoms with Crippen LogP contribution in [0.2, 0.25) is 0 Å². The first-order chi connectivity index (χ1) is 9.87. The van der Waals surface area contributed by atoms with Crippen molar-refractivity contribution in [3.05, 3.63) is 64.1 Å². The summed E-state index contributed by atoms with van der Waals surface area (Å²) in [5, 5.41) is 0. The fourth-order valence-electron chi connectivity index (χ4n) is 1.89. The average molecular weight is 360 g/mol. The molecule has 2 aromatic rings. The molecule has 0 bridgehead atoms. The smallest absolute Gasteiger partial charge is 0.422 e. The summed E-state index contributed by atoms with van der Waals surface area (Å²) in [4.78, 5) is 0. The van der Waals surface area contributed by atoms with E-state index < -0.39 is 18.8 Å². The molecule has 0 fully saturated rings. The number of alkyl halides is 3. The van der Waals surface area contributed by atoms with E-state index in [1.807, 2.05) is 30.3 Å². The third kappa shape index (κ3) is 4.47. The first kappa shape index (κ1) is 15.9. The van der Waals surface area contributed by atoms with Crippen molar-refractivity contribution in [2.24, 2.45) is 5.73 Å². The maximum absolute atomic E-state index is 12.3. The first-order valence-electron chi connectivity index (χ1n) is 6.16. The molecule has 0 saturated carbocycles. The topological polar surface area (TPSA) is 35.2 Å². The molecule has 2 nitrogen and oxygen atoms in total. The highest BCUT2D eigenvalue weighted by Gasteiger charge is 2.29. The van der Waals surface area contributed by atoms with Crippen LogP contribution in [0.5, 0.6) is 5.75 Å². The Morgan fingerprint density at radius 3 is 2.38 bits per heavy atom. The van der Waals surface area contributed by atoms with Crippen LogP contribution in [-0.2, 0) is 0 Å². The van der Waals surface area contributed by atoms with E-state index in [9.17, 15) is 13.2 Å². The molecule has 2 aromatic carbocycles. The Morgan fingerprint density at radius 2 is 1.76 bits per heavy atom. The molecule has 0 heterocycles. The summed E-state index contributed by atoms with van der Waals surface area (Å²) in [5.74, 6) is 0.131. The van der Waals surface area contributed by atoms with Gasteiger partial charge in [-0.15, -0.1) is 0 Å². The third-order valence-corrected chi connectivity index (χ3v) is 3.35. The summed E-state index contributed by atoms with van der Waals surface area (Å²) in [6.45, 7) is -1.34. The fourth-order valence-corrected chi connectivity index (χ4v) is 2.27. The van der Waals surface area contributed by atoms with E-state index in [0.29, 0.717) is 5.56 Å². The first-order valence-corrected chi connectivity index (χ1v) is 6.95. The predicted molar refractivity (Wildman–Crippen MR) is 78.2 cm³/mol. The van der Waals surface area contributed by atoms with Crippen molar-refractivity contribution < 1.29 is 17.9 Å². The Balaban J connectivity index is 2.31. The monoisotopic (exact) mass is 359 g/mol. The van der Waals surface area contributed by atoms with Crippen molar-refractivity contribution in [1.82, 2.24) is 0 Å². The molecule has 2 rings (SSSR count). The summed E-state index contributed by atoms with van der Waals surface area (Å²) in [5.41, 5.74) is 7.44. The average Bonchev–Trinajstić information content (AvgIpc) is 2.45. The van der Waals surface area contributed by atoms with Crippen LogP contribution in [0.3, 0.4) is 0 Å². The van der Waals surface area contributed by atoms with Gasteiger partial charge in [0.1, 0.15) is 5.75 Å². The van der Waals surface area contributed by atoms with Crippen molar-refractivity contribution in [3.8, 4) is 5.75 Å². The maximum atomic E-state index is 12.3. The molecule has 2 N–H and O–H groups in total. The summed E-state index contributed by atoms with van der Waals surface area (Å²) >= 11 is 3.29. The van der Waals surface area contributed by atoms with Gasteiger partial charge in [-0.2, -0.15) is 13.2 Å². The van der Waals surface area contributed by atoms with Crippen LogP contribution in [0, 0.1) is 0 Å². The van der Waals surface area contributed by atoms with Gasteiger partial charge in [0.2, 0.25) is 0 Å². The zero-order chi connectivity index (χ0) is 15.5. The molecule has 0 amide bonds. The lowest BCUT2D eigenvalue weighted by molar-refractivity contribution is -0.153. The lowest BCUT2D eigenvalue weighted by Crippen LogP contribution is -2.21. The highest BCUT2D eigenvalue weighted by atomic mass is 79.9. The SMILES string of the molecule is NC(c1ccccc1)c1cc(Br)ccc1OCC(F)(F)F. The quantitative estimate of drug-likeness (QED) is 0.875. The van der Waals surface area contributed by atoms with Crippen molar-refractivity contribution in [2.45, 2.75) is 12.2 Å². The lowest BCUT2D eigenvalue weighted by Gasteiger charge is -2.18. The standard InChI is InChI=1S/C15H13BrF3NO/c16-11-6-7-13(21-9-15(17,18)19)12(8-11)14(20)10-4-2-1-3-5-10/h1-8,14H,9,20H2. The molecule has 21 heavy (non-hydrogen) atoms. The molecule has 0 aromatic heterocycles. The van der Waals surface area contributed by atoms with Crippen molar-refractivity contribution in [3.63, 3.8) is 0 Å². The van der Waals surface area contributed by atoms with Gasteiger partial charge in [-0.05, 0) is 23.8 Å². The molecule has 0 aliphatic carbocycles. The number of benzene rings is 2. The van der Waals surface area contributed by atoms with Gasteiger partial charge in [0.05, 0.1) is 6.04 Å². The molecule has 0 aliphatic heterocycles. The number of hydrogen-bond acceptors (Lipinski definition) is 2. The number of halogens is 4. The van der Waals surface area contributed by atoms with E-state index in [0.717, 1.165) is 10.0 Å². The van der Waals surface area contributed by atoms with Gasteiger partial charge >= 0.3 is 6.18 Å². The second kappa shape index (κ2) is 6.49. The van der Waals surface area contributed by atoms with Crippen LogP contribution in [0.1, 0.15) is 17.2 Å². The Kier molecular flexibility index (Phi) is 4.90. The zero-order valence-electron chi connectivity index (χ0n) is 10.9. The second-order valence-corrected chi connectivity index (χ2v) is 5.39. The highest BCUT2D eigenvalue weighted by Crippen LogP contribution is 2.32. The minimum Gasteiger partial charge on any atom is -0.484 e. The highest BCUT2D eigenvalue weighted by molar-refractivity contribution is 9.10. The van der Waals surface area contributed by atoms with Gasteiger partial charge in [-0.1, -0.05) is 46.3 Å². The number of hydrogen-bond donors (Lipinski definition) is 1. The largest absolute Gasteiger partial charge is 0.484 e. The Bertz CT molecular complexity index is 602. The molecule has 0 saturated heterocycles. The van der Waals surface area contributed by atoms with E-state index in [1.54, 1.807) is 12.1 Å². The van der Waals surface area contributed by atoms with Gasteiger partial charge in [-0.25, -0.2) is 0 Å². The molecular formula is C15H13BrF3NO. The van der Waals surface area contributed by atoms with Crippen molar-refractivity contribution in [2.75, 3.05) is 6.61 Å². The van der Waals surface area contributed by atoms with E-state index in [-0.39, 0.29) is 5.75 Å². The summed E-state index contributed by atoms with van der Waals surface area (Å²) in [7, 11) is 0. The van der Waals surface area contributed by atoms with Crippen molar-refractivity contribution >= 4 is 15.9 Å². The van der Waals surface area contributed by atoms with E-state index in [2.05, 4.69) is 15.9 Å². The van der Waals surface area contributed by atoms with Crippen LogP contribution >= 0.6 is 15.9 Å². The molecule has 1 atom stereocenters. The molecular weight excluding hydrogens is 347 g/mol. The number of rotatable bonds is 4. The number of nitrogens with two attached hydrogens (primary N) is 1. The molecule has 1 unspecified atom stereocenters. The van der Waals surface area contributed by atoms with Gasteiger partial charge in [0.25, 0.3) is 0 Å². The lowest BCUT2D eigenvalue weighted by atomic mass is 9.99. The zero-order valence-corrected chi connectivity index (χ0v) is 12.5. The third-order valence-electron chi connectivity index (χ3n) is 2.86. The van der Waals surface area contributed by atoms with Gasteiger partial charge in [0.15, 0.2) is 6.61 Å². The minimum absolute atomic E-state index is 0.131. The minimum atomic E-state index is -4.39. The normalized spacial score (nSPS) is 13.0. The Hall–Kier alpha value is -1.53. The molecule has 0 radical (unpaired) electrons. The summed E-state index contributed by atoms with van der Waals surface area (Å²) in [6.07, 6.45) is -4.39. The van der Waals surface area contributed by atoms with E-state index in [1.165, 1.54) is 6.07 Å². The Morgan fingerprint density at radius 1 is 1.10 bits per heavy atom. The molecule has 0 spiro atoms. The predicted octanol–water partition coefficient (Wildman–Crippen LogP) is 4.44. The Labute approximate surface area is 128 Å². The van der Waals surface area contributed by atoms with Crippen LogP contribution in [0.4, 0.5) is 13.2 Å². The van der Waals surface area contributed by atoms with Gasteiger partial charge in [0, 0.05) is 10.0 Å². The van der Waals surface area contributed by atoms with Crippen molar-refractivity contribution in [1.29, 1.82) is 0 Å². The number of ether oxygens (including phenoxy) is 1. The van der Waals surface area contributed by atoms with Crippen LogP contribution in [0.15, 0.2) is 53.0 Å². The van der Waals surface area contributed by atoms with Gasteiger partial charge < -0.3 is 10.5 Å². The van der Waals surface area contributed by atoms with E-state index >= 15 is 0 Å². The summed E-state index contributed by atoms with van der Waals surface area (Å²) < 4.78 is 42.5. The van der Waals surface area contributed by atoms with Gasteiger partial charge in [-0.3, -0.25) is 0 Å². The second-order valence-electron chi connectivity index (χ2n) is 4.47.